The summed E-state index contributed by atoms with van der Waals surface area (Å²) in [6, 6.07) is 7.81. The third-order valence-corrected chi connectivity index (χ3v) is 3.87. The van der Waals surface area contributed by atoms with Gasteiger partial charge in [0.1, 0.15) is 0 Å². The molecule has 3 N–H and O–H groups in total. The van der Waals surface area contributed by atoms with E-state index in [0.717, 1.165) is 27.8 Å². The summed E-state index contributed by atoms with van der Waals surface area (Å²) in [5.41, 5.74) is 5.91. The lowest BCUT2D eigenvalue weighted by molar-refractivity contribution is 0.530. The zero-order valence-electron chi connectivity index (χ0n) is 10.8. The zero-order valence-corrected chi connectivity index (χ0v) is 13.2. The molecule has 2 aromatic rings. The van der Waals surface area contributed by atoms with Crippen molar-refractivity contribution in [3.63, 3.8) is 0 Å². The molecule has 1 unspecified atom stereocenters. The SMILES string of the molecule is Cc1cc(CC(NN)c2ccc(Br)cc2Cl)n(C)n1. The molecule has 19 heavy (non-hydrogen) atoms. The van der Waals surface area contributed by atoms with Gasteiger partial charge in [-0.05, 0) is 30.7 Å². The van der Waals surface area contributed by atoms with E-state index >= 15 is 0 Å². The Morgan fingerprint density at radius 3 is 2.74 bits per heavy atom. The van der Waals surface area contributed by atoms with Gasteiger partial charge in [0.2, 0.25) is 0 Å². The van der Waals surface area contributed by atoms with E-state index < -0.39 is 0 Å². The Bertz CT molecular complexity index is 582. The molecule has 0 saturated carbocycles. The first-order chi connectivity index (χ1) is 9.01. The normalized spacial score (nSPS) is 12.7. The maximum atomic E-state index is 6.27. The predicted molar refractivity (Wildman–Crippen MR) is 80.9 cm³/mol. The van der Waals surface area contributed by atoms with Crippen LogP contribution in [0.15, 0.2) is 28.7 Å². The van der Waals surface area contributed by atoms with Gasteiger partial charge < -0.3 is 0 Å². The second-order valence-electron chi connectivity index (χ2n) is 4.49. The minimum Gasteiger partial charge on any atom is -0.272 e. The van der Waals surface area contributed by atoms with Crippen LogP contribution < -0.4 is 11.3 Å². The van der Waals surface area contributed by atoms with Crippen molar-refractivity contribution in [3.05, 3.63) is 50.7 Å². The van der Waals surface area contributed by atoms with Crippen molar-refractivity contribution < 1.29 is 0 Å². The minimum atomic E-state index is -0.0459. The average molecular weight is 344 g/mol. The van der Waals surface area contributed by atoms with Gasteiger partial charge >= 0.3 is 0 Å². The van der Waals surface area contributed by atoms with Crippen molar-refractivity contribution in [2.24, 2.45) is 12.9 Å². The van der Waals surface area contributed by atoms with Crippen LogP contribution in [0.4, 0.5) is 0 Å². The summed E-state index contributed by atoms with van der Waals surface area (Å²) in [7, 11) is 1.93. The van der Waals surface area contributed by atoms with E-state index in [-0.39, 0.29) is 6.04 Å². The van der Waals surface area contributed by atoms with E-state index in [1.54, 1.807) is 0 Å². The first-order valence-electron chi connectivity index (χ1n) is 5.92. The molecule has 6 heteroatoms. The number of nitrogens with two attached hydrogens (primary N) is 1. The minimum absolute atomic E-state index is 0.0459. The van der Waals surface area contributed by atoms with Gasteiger partial charge in [-0.25, -0.2) is 0 Å². The Morgan fingerprint density at radius 1 is 1.47 bits per heavy atom. The first-order valence-corrected chi connectivity index (χ1v) is 7.09. The van der Waals surface area contributed by atoms with Gasteiger partial charge in [0.25, 0.3) is 0 Å². The van der Waals surface area contributed by atoms with Gasteiger partial charge in [0.05, 0.1) is 11.7 Å². The van der Waals surface area contributed by atoms with Gasteiger partial charge in [-0.3, -0.25) is 16.0 Å². The van der Waals surface area contributed by atoms with Crippen molar-refractivity contribution >= 4 is 27.5 Å². The second kappa shape index (κ2) is 6.05. The fourth-order valence-corrected chi connectivity index (χ4v) is 2.91. The fourth-order valence-electron chi connectivity index (χ4n) is 2.11. The summed E-state index contributed by atoms with van der Waals surface area (Å²) in [5, 5.41) is 5.03. The lowest BCUT2D eigenvalue weighted by Gasteiger charge is -2.18. The van der Waals surface area contributed by atoms with Crippen LogP contribution >= 0.6 is 27.5 Å². The van der Waals surface area contributed by atoms with E-state index in [4.69, 9.17) is 17.4 Å². The number of hydrogen-bond acceptors (Lipinski definition) is 3. The van der Waals surface area contributed by atoms with Gasteiger partial charge in [-0.15, -0.1) is 0 Å². The number of aromatic nitrogens is 2. The van der Waals surface area contributed by atoms with Crippen LogP contribution in [0.5, 0.6) is 0 Å². The van der Waals surface area contributed by atoms with Crippen molar-refractivity contribution in [2.45, 2.75) is 19.4 Å². The van der Waals surface area contributed by atoms with Gasteiger partial charge in [0, 0.05) is 28.7 Å². The van der Waals surface area contributed by atoms with E-state index in [0.29, 0.717) is 5.02 Å². The number of nitrogens with one attached hydrogen (secondary N) is 1. The van der Waals surface area contributed by atoms with Gasteiger partial charge in [0.15, 0.2) is 0 Å². The molecule has 1 heterocycles. The Balaban J connectivity index is 2.27. The first kappa shape index (κ1) is 14.5. The highest BCUT2D eigenvalue weighted by Crippen LogP contribution is 2.28. The Kier molecular flexibility index (Phi) is 4.62. The lowest BCUT2D eigenvalue weighted by Crippen LogP contribution is -2.30. The largest absolute Gasteiger partial charge is 0.272 e. The number of halogens is 2. The second-order valence-corrected chi connectivity index (χ2v) is 5.81. The Morgan fingerprint density at radius 2 is 2.21 bits per heavy atom. The zero-order chi connectivity index (χ0) is 14.0. The molecule has 0 saturated heterocycles. The molecule has 0 amide bonds. The van der Waals surface area contributed by atoms with Crippen LogP contribution in [0.1, 0.15) is 23.0 Å². The Hall–Kier alpha value is -0.880. The van der Waals surface area contributed by atoms with Crippen LogP contribution in [-0.4, -0.2) is 9.78 Å². The molecule has 0 aliphatic heterocycles. The van der Waals surface area contributed by atoms with Crippen LogP contribution in [-0.2, 0) is 13.5 Å². The van der Waals surface area contributed by atoms with Crippen LogP contribution in [0.25, 0.3) is 0 Å². The van der Waals surface area contributed by atoms with Crippen LogP contribution in [0, 0.1) is 6.92 Å². The topological polar surface area (TPSA) is 55.9 Å². The molecule has 0 aliphatic carbocycles. The summed E-state index contributed by atoms with van der Waals surface area (Å²) in [6.45, 7) is 1.97. The maximum Gasteiger partial charge on any atom is 0.0596 e. The van der Waals surface area contributed by atoms with Gasteiger partial charge in [-0.1, -0.05) is 33.6 Å². The summed E-state index contributed by atoms with van der Waals surface area (Å²) in [4.78, 5) is 0. The van der Waals surface area contributed by atoms with Crippen LogP contribution in [0.3, 0.4) is 0 Å². The lowest BCUT2D eigenvalue weighted by atomic mass is 10.0. The summed E-state index contributed by atoms with van der Waals surface area (Å²) in [6.07, 6.45) is 0.731. The molecule has 0 spiro atoms. The molecule has 2 rings (SSSR count). The highest BCUT2D eigenvalue weighted by Gasteiger charge is 2.16. The van der Waals surface area contributed by atoms with E-state index in [9.17, 15) is 0 Å². The highest BCUT2D eigenvalue weighted by molar-refractivity contribution is 9.10. The smallest absolute Gasteiger partial charge is 0.0596 e. The summed E-state index contributed by atoms with van der Waals surface area (Å²) < 4.78 is 2.82. The standard InChI is InChI=1S/C13H16BrClN4/c1-8-5-10(19(2)18-8)7-13(17-16)11-4-3-9(14)6-12(11)15/h3-6,13,17H,7,16H2,1-2H3. The Labute approximate surface area is 126 Å². The highest BCUT2D eigenvalue weighted by atomic mass is 79.9. The molecule has 0 fully saturated rings. The molecule has 1 aromatic carbocycles. The van der Waals surface area contributed by atoms with Crippen molar-refractivity contribution in [2.75, 3.05) is 0 Å². The quantitative estimate of drug-likeness (QED) is 0.663. The van der Waals surface area contributed by atoms with E-state index in [1.807, 2.05) is 36.9 Å². The fraction of sp³-hybridized carbons (Fsp3) is 0.308. The molecular weight excluding hydrogens is 328 g/mol. The van der Waals surface area contributed by atoms with Crippen molar-refractivity contribution in [1.82, 2.24) is 15.2 Å². The monoisotopic (exact) mass is 342 g/mol. The van der Waals surface area contributed by atoms with E-state index in [1.165, 1.54) is 0 Å². The number of nitrogens with zero attached hydrogens (tertiary/aromatic N) is 2. The molecule has 1 atom stereocenters. The number of hydrogen-bond donors (Lipinski definition) is 2. The molecule has 0 radical (unpaired) electrons. The number of benzene rings is 1. The van der Waals surface area contributed by atoms with Crippen molar-refractivity contribution in [1.29, 1.82) is 0 Å². The summed E-state index contributed by atoms with van der Waals surface area (Å²) >= 11 is 9.67. The van der Waals surface area contributed by atoms with Crippen LogP contribution in [0.2, 0.25) is 5.02 Å². The van der Waals surface area contributed by atoms with Crippen molar-refractivity contribution in [3.8, 4) is 0 Å². The third kappa shape index (κ3) is 3.36. The number of aryl methyl sites for hydroxylation is 2. The van der Waals surface area contributed by atoms with Gasteiger partial charge in [-0.2, -0.15) is 5.10 Å². The summed E-state index contributed by atoms with van der Waals surface area (Å²) in [5.74, 6) is 5.67. The molecule has 102 valence electrons. The third-order valence-electron chi connectivity index (χ3n) is 3.05. The molecule has 0 aliphatic rings. The number of hydrazine groups is 1. The van der Waals surface area contributed by atoms with E-state index in [2.05, 4.69) is 32.5 Å². The molecule has 1 aromatic heterocycles. The molecule has 0 bridgehead atoms. The maximum absolute atomic E-state index is 6.27. The molecular formula is C13H16BrClN4. The number of rotatable bonds is 4. The average Bonchev–Trinajstić information content (AvgIpc) is 2.65. The molecule has 4 nitrogen and oxygen atoms in total. The predicted octanol–water partition coefficient (Wildman–Crippen LogP) is 2.89.